The average Bonchev–Trinajstić information content (AvgIpc) is 2.90. The number of carbonyl (C=O) groups is 1. The number of aliphatic hydroxyl groups is 1. The zero-order valence-electron chi connectivity index (χ0n) is 14.7. The molecule has 0 unspecified atom stereocenters. The minimum atomic E-state index is -4.98. The van der Waals surface area contributed by atoms with Crippen LogP contribution in [0.15, 0.2) is 29.4 Å². The van der Waals surface area contributed by atoms with Crippen LogP contribution in [0.3, 0.4) is 0 Å². The summed E-state index contributed by atoms with van der Waals surface area (Å²) in [6.07, 6.45) is -3.76. The zero-order valence-corrected chi connectivity index (χ0v) is 16.2. The average molecular weight is 421 g/mol. The molecule has 3 rings (SSSR count). The molecule has 9 heteroatoms. The Hall–Kier alpha value is -1.25. The van der Waals surface area contributed by atoms with Crippen molar-refractivity contribution in [2.75, 3.05) is 5.75 Å². The SMILES string of the molecule is C[C@@H]1CCC2=NN(C(=O)CSCc3ccccc3Cl)[C@](O)(C(F)(F)F)[C@H]2C1. The number of nitrogens with zero attached hydrogens (tertiary/aromatic N) is 2. The molecule has 0 bridgehead atoms. The van der Waals surface area contributed by atoms with Gasteiger partial charge in [-0.25, -0.2) is 0 Å². The molecule has 1 N–H and O–H groups in total. The summed E-state index contributed by atoms with van der Waals surface area (Å²) in [5, 5.41) is 15.3. The Balaban J connectivity index is 1.74. The summed E-state index contributed by atoms with van der Waals surface area (Å²) in [6.45, 7) is 1.84. The van der Waals surface area contributed by atoms with Crippen LogP contribution in [-0.2, 0) is 10.5 Å². The lowest BCUT2D eigenvalue weighted by Gasteiger charge is -2.39. The van der Waals surface area contributed by atoms with Gasteiger partial charge in [0.05, 0.1) is 11.7 Å². The van der Waals surface area contributed by atoms with Gasteiger partial charge in [0, 0.05) is 16.5 Å². The van der Waals surface area contributed by atoms with Crippen LogP contribution in [0.5, 0.6) is 0 Å². The normalized spacial score (nSPS) is 28.1. The molecule has 4 nitrogen and oxygen atoms in total. The summed E-state index contributed by atoms with van der Waals surface area (Å²) in [5.41, 5.74) is -2.21. The lowest BCUT2D eigenvalue weighted by molar-refractivity contribution is -0.317. The van der Waals surface area contributed by atoms with E-state index in [1.165, 1.54) is 0 Å². The molecule has 1 fully saturated rings. The van der Waals surface area contributed by atoms with Gasteiger partial charge in [-0.3, -0.25) is 4.79 Å². The molecule has 1 aromatic rings. The van der Waals surface area contributed by atoms with Crippen LogP contribution < -0.4 is 0 Å². The third-order valence-corrected chi connectivity index (χ3v) is 6.40. The van der Waals surface area contributed by atoms with Gasteiger partial charge in [0.25, 0.3) is 11.6 Å². The van der Waals surface area contributed by atoms with E-state index in [0.717, 1.165) is 17.3 Å². The lowest BCUT2D eigenvalue weighted by Crippen LogP contribution is -2.62. The molecule has 1 saturated carbocycles. The van der Waals surface area contributed by atoms with Gasteiger partial charge in [0.1, 0.15) is 0 Å². The monoisotopic (exact) mass is 420 g/mol. The van der Waals surface area contributed by atoms with Gasteiger partial charge in [0.15, 0.2) is 0 Å². The second-order valence-corrected chi connectivity index (χ2v) is 8.43. The molecule has 0 spiro atoms. The first-order valence-electron chi connectivity index (χ1n) is 8.65. The van der Waals surface area contributed by atoms with Crippen molar-refractivity contribution in [3.63, 3.8) is 0 Å². The van der Waals surface area contributed by atoms with Crippen molar-refractivity contribution < 1.29 is 23.1 Å². The molecule has 1 heterocycles. The zero-order chi connectivity index (χ0) is 19.8. The number of halogens is 4. The van der Waals surface area contributed by atoms with Gasteiger partial charge in [-0.1, -0.05) is 36.7 Å². The van der Waals surface area contributed by atoms with Gasteiger partial charge >= 0.3 is 6.18 Å². The molecule has 1 aliphatic carbocycles. The van der Waals surface area contributed by atoms with Crippen LogP contribution in [0.1, 0.15) is 31.7 Å². The van der Waals surface area contributed by atoms with E-state index in [2.05, 4.69) is 5.10 Å². The molecule has 1 aliphatic heterocycles. The van der Waals surface area contributed by atoms with Crippen molar-refractivity contribution >= 4 is 35.0 Å². The van der Waals surface area contributed by atoms with Gasteiger partial charge < -0.3 is 5.11 Å². The number of rotatable bonds is 4. The molecule has 0 saturated heterocycles. The molecule has 1 amide bonds. The van der Waals surface area contributed by atoms with Crippen LogP contribution in [0, 0.1) is 11.8 Å². The largest absolute Gasteiger partial charge is 0.439 e. The van der Waals surface area contributed by atoms with Crippen LogP contribution in [0.4, 0.5) is 13.2 Å². The van der Waals surface area contributed by atoms with Crippen LogP contribution >= 0.6 is 23.4 Å². The molecule has 0 radical (unpaired) electrons. The number of hydrazone groups is 1. The molecule has 0 aromatic heterocycles. The number of benzene rings is 1. The highest BCUT2D eigenvalue weighted by atomic mass is 35.5. The summed E-state index contributed by atoms with van der Waals surface area (Å²) in [6, 6.07) is 7.07. The Morgan fingerprint density at radius 3 is 2.81 bits per heavy atom. The van der Waals surface area contributed by atoms with Gasteiger partial charge in [-0.2, -0.15) is 23.3 Å². The third-order valence-electron chi connectivity index (χ3n) is 5.07. The van der Waals surface area contributed by atoms with E-state index in [9.17, 15) is 23.1 Å². The van der Waals surface area contributed by atoms with E-state index in [1.807, 2.05) is 6.92 Å². The van der Waals surface area contributed by atoms with E-state index in [1.54, 1.807) is 24.3 Å². The van der Waals surface area contributed by atoms with Crippen molar-refractivity contribution in [2.45, 2.75) is 43.8 Å². The van der Waals surface area contributed by atoms with Crippen LogP contribution in [-0.4, -0.2) is 39.4 Å². The maximum absolute atomic E-state index is 13.8. The summed E-state index contributed by atoms with van der Waals surface area (Å²) in [5.74, 6) is -1.88. The molecule has 148 valence electrons. The van der Waals surface area contributed by atoms with Crippen LogP contribution in [0.25, 0.3) is 0 Å². The Labute approximate surface area is 164 Å². The number of hydrogen-bond acceptors (Lipinski definition) is 4. The second-order valence-electron chi connectivity index (χ2n) is 7.04. The van der Waals surface area contributed by atoms with Crippen molar-refractivity contribution in [2.24, 2.45) is 16.9 Å². The molecule has 3 atom stereocenters. The smallest absolute Gasteiger partial charge is 0.362 e. The standard InChI is InChI=1S/C18H20ClF3N2O2S/c1-11-6-7-15-13(8-11)17(26,18(20,21)22)24(23-15)16(25)10-27-9-12-4-2-3-5-14(12)19/h2-5,11,13,26H,6-10H2,1H3/t11-,13+,17-/m1/s1. The van der Waals surface area contributed by atoms with Gasteiger partial charge in [-0.05, 0) is 36.8 Å². The summed E-state index contributed by atoms with van der Waals surface area (Å²) < 4.78 is 41.3. The summed E-state index contributed by atoms with van der Waals surface area (Å²) >= 11 is 7.19. The number of hydrogen-bond donors (Lipinski definition) is 1. The Bertz CT molecular complexity index is 758. The minimum absolute atomic E-state index is 0.0347. The quantitative estimate of drug-likeness (QED) is 0.782. The topological polar surface area (TPSA) is 52.9 Å². The highest BCUT2D eigenvalue weighted by Gasteiger charge is 2.68. The van der Waals surface area contributed by atoms with Crippen molar-refractivity contribution in [1.82, 2.24) is 5.01 Å². The maximum Gasteiger partial charge on any atom is 0.439 e. The number of fused-ring (bicyclic) bond motifs is 1. The minimum Gasteiger partial charge on any atom is -0.362 e. The van der Waals surface area contributed by atoms with Crippen molar-refractivity contribution in [1.29, 1.82) is 0 Å². The fourth-order valence-electron chi connectivity index (χ4n) is 3.58. The van der Waals surface area contributed by atoms with E-state index in [0.29, 0.717) is 23.6 Å². The molecule has 1 aromatic carbocycles. The van der Waals surface area contributed by atoms with E-state index in [-0.39, 0.29) is 28.8 Å². The highest BCUT2D eigenvalue weighted by Crippen LogP contribution is 2.49. The maximum atomic E-state index is 13.8. The molecule has 2 aliphatic rings. The molecular formula is C18H20ClF3N2O2S. The first-order valence-corrected chi connectivity index (χ1v) is 10.2. The van der Waals surface area contributed by atoms with Gasteiger partial charge in [0.2, 0.25) is 0 Å². The van der Waals surface area contributed by atoms with E-state index >= 15 is 0 Å². The molecular weight excluding hydrogens is 401 g/mol. The first kappa shape index (κ1) is 20.5. The summed E-state index contributed by atoms with van der Waals surface area (Å²) in [4.78, 5) is 12.5. The highest BCUT2D eigenvalue weighted by molar-refractivity contribution is 7.99. The van der Waals surface area contributed by atoms with E-state index < -0.39 is 23.7 Å². The van der Waals surface area contributed by atoms with E-state index in [4.69, 9.17) is 11.6 Å². The second kappa shape index (κ2) is 7.64. The Kier molecular flexibility index (Phi) is 5.80. The molecule has 27 heavy (non-hydrogen) atoms. The number of amides is 1. The summed E-state index contributed by atoms with van der Waals surface area (Å²) in [7, 11) is 0. The number of carbonyl (C=O) groups excluding carboxylic acids is 1. The third kappa shape index (κ3) is 3.84. The number of thioether (sulfide) groups is 1. The lowest BCUT2D eigenvalue weighted by atomic mass is 9.76. The van der Waals surface area contributed by atoms with Crippen LogP contribution in [0.2, 0.25) is 5.02 Å². The predicted molar refractivity (Wildman–Crippen MR) is 99.4 cm³/mol. The van der Waals surface area contributed by atoms with Gasteiger partial charge in [-0.15, -0.1) is 11.8 Å². The Morgan fingerprint density at radius 1 is 1.44 bits per heavy atom. The first-order chi connectivity index (χ1) is 12.6. The fourth-order valence-corrected chi connectivity index (χ4v) is 4.73. The van der Waals surface area contributed by atoms with Crippen molar-refractivity contribution in [3.05, 3.63) is 34.9 Å². The van der Waals surface area contributed by atoms with Crippen molar-refractivity contribution in [3.8, 4) is 0 Å². The Morgan fingerprint density at radius 2 is 2.15 bits per heavy atom. The predicted octanol–water partition coefficient (Wildman–Crippen LogP) is 4.46. The number of alkyl halides is 3. The fraction of sp³-hybridized carbons (Fsp3) is 0.556.